The molecule has 2 saturated carbocycles. The SMILES string of the molecule is O=C1CCC(n2c(=O)n(C3CC3)c3c(C#CCOC4CCN(CC5CCC(n6cc(NC(=O)c7cnn8ccc(N9C[C@H]%10C[C@@H]9CO%10)nc78)c(C(F)F)n6)CC5)CC4)cccc32)C(=O)N1. The van der Waals surface area contributed by atoms with Gasteiger partial charge in [0.25, 0.3) is 12.3 Å². The van der Waals surface area contributed by atoms with Crippen LogP contribution in [0.1, 0.15) is 117 Å². The fourth-order valence-electron chi connectivity index (χ4n) is 10.7. The summed E-state index contributed by atoms with van der Waals surface area (Å²) in [5.74, 6) is 6.30. The predicted octanol–water partition coefficient (Wildman–Crippen LogP) is 4.79. The highest BCUT2D eigenvalue weighted by Crippen LogP contribution is 2.39. The lowest BCUT2D eigenvalue weighted by Crippen LogP contribution is -2.44. The van der Waals surface area contributed by atoms with Crippen molar-refractivity contribution in [2.45, 2.75) is 113 Å². The number of hydrogen-bond donors (Lipinski definition) is 2. The molecule has 65 heavy (non-hydrogen) atoms. The van der Waals surface area contributed by atoms with Gasteiger partial charge in [-0.2, -0.15) is 10.2 Å². The summed E-state index contributed by atoms with van der Waals surface area (Å²) in [6, 6.07) is 6.97. The van der Waals surface area contributed by atoms with Crippen molar-refractivity contribution < 1.29 is 32.6 Å². The third kappa shape index (κ3) is 8.09. The molecule has 2 aliphatic carbocycles. The number of fused-ring (bicyclic) bond motifs is 4. The average molecular weight is 892 g/mol. The van der Waals surface area contributed by atoms with Crippen LogP contribution in [0.5, 0.6) is 0 Å². The minimum Gasteiger partial charge on any atom is -0.374 e. The number of halogens is 2. The molecular weight excluding hydrogens is 841 g/mol. The number of amides is 3. The zero-order chi connectivity index (χ0) is 44.3. The molecule has 1 unspecified atom stereocenters. The van der Waals surface area contributed by atoms with Gasteiger partial charge in [-0.25, -0.2) is 23.1 Å². The predicted molar refractivity (Wildman–Crippen MR) is 233 cm³/mol. The van der Waals surface area contributed by atoms with Crippen molar-refractivity contribution in [1.82, 2.24) is 43.7 Å². The number of hydrogen-bond acceptors (Lipinski definition) is 11. The zero-order valence-electron chi connectivity index (χ0n) is 35.9. The van der Waals surface area contributed by atoms with Crippen molar-refractivity contribution in [2.75, 3.05) is 49.6 Å². The van der Waals surface area contributed by atoms with Crippen LogP contribution in [0.25, 0.3) is 16.7 Å². The highest BCUT2D eigenvalue weighted by molar-refractivity contribution is 6.08. The minimum atomic E-state index is -2.86. The summed E-state index contributed by atoms with van der Waals surface area (Å²) in [7, 11) is 0. The first-order chi connectivity index (χ1) is 31.6. The van der Waals surface area contributed by atoms with Gasteiger partial charge in [0.15, 0.2) is 11.3 Å². The molecule has 3 amide bonds. The summed E-state index contributed by atoms with van der Waals surface area (Å²) >= 11 is 0. The van der Waals surface area contributed by atoms with Crippen LogP contribution in [0.15, 0.2) is 47.7 Å². The molecule has 17 nitrogen and oxygen atoms in total. The first-order valence-electron chi connectivity index (χ1n) is 23.0. The number of imide groups is 1. The second-order valence-electron chi connectivity index (χ2n) is 18.5. The quantitative estimate of drug-likeness (QED) is 0.138. The normalized spacial score (nSPS) is 25.2. The molecule has 6 fully saturated rings. The molecule has 6 aliphatic rings. The third-order valence-corrected chi connectivity index (χ3v) is 14.2. The van der Waals surface area contributed by atoms with E-state index < -0.39 is 30.0 Å². The number of ether oxygens (including phenoxy) is 2. The van der Waals surface area contributed by atoms with E-state index in [2.05, 4.69) is 42.5 Å². The number of imidazole rings is 1. The largest absolute Gasteiger partial charge is 0.374 e. The van der Waals surface area contributed by atoms with Gasteiger partial charge in [0, 0.05) is 51.0 Å². The number of para-hydroxylation sites is 1. The molecular formula is C46H51F2N11O6. The van der Waals surface area contributed by atoms with Crippen molar-refractivity contribution in [3.63, 3.8) is 0 Å². The smallest absolute Gasteiger partial charge is 0.330 e. The maximum Gasteiger partial charge on any atom is 0.330 e. The molecule has 4 aliphatic heterocycles. The number of alkyl halides is 2. The summed E-state index contributed by atoms with van der Waals surface area (Å²) in [6.07, 6.45) is 10.6. The van der Waals surface area contributed by atoms with E-state index in [1.54, 1.807) is 21.6 Å². The Bertz CT molecular complexity index is 2780. The van der Waals surface area contributed by atoms with E-state index in [1.807, 2.05) is 24.3 Å². The Hall–Kier alpha value is -5.97. The summed E-state index contributed by atoms with van der Waals surface area (Å²) in [4.78, 5) is 61.3. The van der Waals surface area contributed by atoms with Gasteiger partial charge in [-0.1, -0.05) is 17.9 Å². The van der Waals surface area contributed by atoms with Crippen LogP contribution < -0.4 is 21.2 Å². The van der Waals surface area contributed by atoms with Crippen LogP contribution in [0.3, 0.4) is 0 Å². The molecule has 340 valence electrons. The average Bonchev–Trinajstić information content (AvgIpc) is 3.70. The molecule has 1 aromatic carbocycles. The van der Waals surface area contributed by atoms with Crippen molar-refractivity contribution in [1.29, 1.82) is 0 Å². The molecule has 8 heterocycles. The second-order valence-corrected chi connectivity index (χ2v) is 18.5. The molecule has 5 aromatic rings. The van der Waals surface area contributed by atoms with E-state index in [-0.39, 0.29) is 72.6 Å². The maximum atomic E-state index is 14.3. The maximum absolute atomic E-state index is 14.3. The molecule has 19 heteroatoms. The first-order valence-corrected chi connectivity index (χ1v) is 23.0. The van der Waals surface area contributed by atoms with Crippen molar-refractivity contribution in [2.24, 2.45) is 5.92 Å². The van der Waals surface area contributed by atoms with E-state index in [4.69, 9.17) is 14.5 Å². The minimum absolute atomic E-state index is 0.00800. The number of rotatable bonds is 11. The lowest BCUT2D eigenvalue weighted by molar-refractivity contribution is -0.135. The number of piperidine rings is 2. The van der Waals surface area contributed by atoms with Crippen LogP contribution in [-0.4, -0.2) is 114 Å². The molecule has 4 saturated heterocycles. The summed E-state index contributed by atoms with van der Waals surface area (Å²) < 4.78 is 47.0. The topological polar surface area (TPSA) is 175 Å². The van der Waals surface area contributed by atoms with Crippen molar-refractivity contribution in [3.8, 4) is 11.8 Å². The highest BCUT2D eigenvalue weighted by atomic mass is 19.3. The molecule has 0 spiro atoms. The van der Waals surface area contributed by atoms with Crippen LogP contribution in [0, 0.1) is 17.8 Å². The van der Waals surface area contributed by atoms with Gasteiger partial charge in [0.1, 0.15) is 24.0 Å². The van der Waals surface area contributed by atoms with Crippen molar-refractivity contribution in [3.05, 3.63) is 70.2 Å². The van der Waals surface area contributed by atoms with E-state index in [0.717, 1.165) is 95.3 Å². The fraction of sp³-hybridized carbons (Fsp3) is 0.543. The van der Waals surface area contributed by atoms with E-state index >= 15 is 0 Å². The van der Waals surface area contributed by atoms with Gasteiger partial charge in [-0.15, -0.1) is 0 Å². The molecule has 11 rings (SSSR count). The number of carbonyl (C=O) groups is 3. The molecule has 0 radical (unpaired) electrons. The van der Waals surface area contributed by atoms with Gasteiger partial charge in [0.2, 0.25) is 11.8 Å². The van der Waals surface area contributed by atoms with Crippen LogP contribution in [0.4, 0.5) is 20.3 Å². The zero-order valence-corrected chi connectivity index (χ0v) is 35.9. The number of nitrogens with one attached hydrogen (secondary N) is 2. The molecule has 4 aromatic heterocycles. The summed E-state index contributed by atoms with van der Waals surface area (Å²) in [6.45, 7) is 4.43. The summed E-state index contributed by atoms with van der Waals surface area (Å²) in [5, 5.41) is 13.7. The fourth-order valence-corrected chi connectivity index (χ4v) is 10.7. The second kappa shape index (κ2) is 17.1. The highest BCUT2D eigenvalue weighted by Gasteiger charge is 2.40. The number of likely N-dealkylation sites (tertiary alicyclic amines) is 1. The Morgan fingerprint density at radius 2 is 1.80 bits per heavy atom. The monoisotopic (exact) mass is 891 g/mol. The van der Waals surface area contributed by atoms with Gasteiger partial charge in [-0.05, 0) is 88.3 Å². The number of anilines is 2. The molecule has 3 atom stereocenters. The van der Waals surface area contributed by atoms with Gasteiger partial charge < -0.3 is 24.6 Å². The van der Waals surface area contributed by atoms with Gasteiger partial charge in [-0.3, -0.25) is 33.5 Å². The van der Waals surface area contributed by atoms with E-state index in [1.165, 1.54) is 15.3 Å². The van der Waals surface area contributed by atoms with Gasteiger partial charge >= 0.3 is 5.69 Å². The Kier molecular flexibility index (Phi) is 11.0. The van der Waals surface area contributed by atoms with Crippen LogP contribution >= 0.6 is 0 Å². The molecule has 2 N–H and O–H groups in total. The van der Waals surface area contributed by atoms with Gasteiger partial charge in [0.05, 0.1) is 59.4 Å². The number of benzene rings is 1. The van der Waals surface area contributed by atoms with E-state index in [9.17, 15) is 28.0 Å². The van der Waals surface area contributed by atoms with Crippen LogP contribution in [-0.2, 0) is 19.1 Å². The van der Waals surface area contributed by atoms with Crippen molar-refractivity contribution >= 4 is 45.9 Å². The van der Waals surface area contributed by atoms with Crippen LogP contribution in [0.2, 0.25) is 0 Å². The Balaban J connectivity index is 0.665. The number of aromatic nitrogens is 7. The molecule has 2 bridgehead atoms. The number of carbonyl (C=O) groups excluding carboxylic acids is 3. The Morgan fingerprint density at radius 1 is 0.985 bits per heavy atom. The Labute approximate surface area is 372 Å². The lowest BCUT2D eigenvalue weighted by Gasteiger charge is -2.36. The number of morpholine rings is 1. The lowest BCUT2D eigenvalue weighted by atomic mass is 9.85. The first kappa shape index (κ1) is 41.7. The van der Waals surface area contributed by atoms with E-state index in [0.29, 0.717) is 29.3 Å². The number of nitrogens with zero attached hydrogens (tertiary/aromatic N) is 9. The summed E-state index contributed by atoms with van der Waals surface area (Å²) in [5.41, 5.74) is 1.93. The Morgan fingerprint density at radius 3 is 2.54 bits per heavy atom. The standard InChI is InChI=1S/C46H51F2N11O6/c47-42(48)40-35(50-44(61)34-22-49-56-19-16-38(51-43(34)56)55-24-33-21-31(55)26-65-33)25-57(53-40)29-8-6-27(7-9-29)23-54-17-14-32(15-18-54)64-20-2-4-28-3-1-5-36-41(28)58(30-10-11-30)46(63)59(36)37-12-13-39(60)52-45(37)62/h1,3,5,16,19,22,25,27,29-33,37,42H,6-15,17-18,20-21,23-24,26H2,(H,50,61)(H,52,60,62)/t27?,29?,31-,33-,37?/m1/s1. The third-order valence-electron chi connectivity index (χ3n) is 14.2.